The van der Waals surface area contributed by atoms with Crippen LogP contribution in [0.1, 0.15) is 46.1 Å². The van der Waals surface area contributed by atoms with E-state index in [1.54, 1.807) is 12.3 Å². The first-order valence-electron chi connectivity index (χ1n) is 6.38. The van der Waals surface area contributed by atoms with Gasteiger partial charge in [0.1, 0.15) is 0 Å². The van der Waals surface area contributed by atoms with Crippen LogP contribution in [-0.4, -0.2) is 5.78 Å². The number of carbonyl (C=O) groups is 1. The van der Waals surface area contributed by atoms with Crippen LogP contribution in [0.4, 0.5) is 5.69 Å². The smallest absolute Gasteiger partial charge is 0.162 e. The lowest BCUT2D eigenvalue weighted by Gasteiger charge is -2.13. The highest BCUT2D eigenvalue weighted by Crippen LogP contribution is 2.18. The zero-order valence-corrected chi connectivity index (χ0v) is 11.9. The number of anilines is 1. The van der Waals surface area contributed by atoms with Gasteiger partial charge >= 0.3 is 0 Å². The molecule has 18 heavy (non-hydrogen) atoms. The summed E-state index contributed by atoms with van der Waals surface area (Å²) in [7, 11) is 0. The molecular formula is C16H23NO. The van der Waals surface area contributed by atoms with Crippen LogP contribution in [0.15, 0.2) is 36.5 Å². The SMILES string of the molecule is CC(C)c1ccc(NC=CC(=O)C(C)(C)C)cc1. The first kappa shape index (κ1) is 14.5. The van der Waals surface area contributed by atoms with E-state index in [0.29, 0.717) is 5.92 Å². The van der Waals surface area contributed by atoms with Gasteiger partial charge in [0, 0.05) is 17.3 Å². The number of hydrogen-bond acceptors (Lipinski definition) is 2. The molecule has 98 valence electrons. The molecule has 0 saturated carbocycles. The Morgan fingerprint density at radius 1 is 1.17 bits per heavy atom. The number of nitrogens with one attached hydrogen (secondary N) is 1. The lowest BCUT2D eigenvalue weighted by atomic mass is 9.91. The predicted octanol–water partition coefficient (Wildman–Crippen LogP) is 4.35. The van der Waals surface area contributed by atoms with E-state index < -0.39 is 0 Å². The van der Waals surface area contributed by atoms with Gasteiger partial charge in [-0.2, -0.15) is 0 Å². The zero-order chi connectivity index (χ0) is 13.8. The van der Waals surface area contributed by atoms with Gasteiger partial charge in [0.15, 0.2) is 5.78 Å². The molecule has 0 aromatic heterocycles. The number of rotatable bonds is 4. The second kappa shape index (κ2) is 5.85. The van der Waals surface area contributed by atoms with Crippen LogP contribution >= 0.6 is 0 Å². The fourth-order valence-corrected chi connectivity index (χ4v) is 1.43. The maximum absolute atomic E-state index is 11.7. The van der Waals surface area contributed by atoms with Crippen molar-refractivity contribution in [3.05, 3.63) is 42.1 Å². The van der Waals surface area contributed by atoms with Gasteiger partial charge in [0.2, 0.25) is 0 Å². The monoisotopic (exact) mass is 245 g/mol. The third-order valence-electron chi connectivity index (χ3n) is 2.80. The minimum absolute atomic E-state index is 0.119. The Balaban J connectivity index is 2.59. The fourth-order valence-electron chi connectivity index (χ4n) is 1.43. The van der Waals surface area contributed by atoms with Crippen molar-refractivity contribution in [3.8, 4) is 0 Å². The average molecular weight is 245 g/mol. The summed E-state index contributed by atoms with van der Waals surface area (Å²) in [6.07, 6.45) is 3.30. The average Bonchev–Trinajstić information content (AvgIpc) is 2.28. The fraction of sp³-hybridized carbons (Fsp3) is 0.438. The quantitative estimate of drug-likeness (QED) is 0.799. The molecule has 0 aliphatic heterocycles. The Labute approximate surface area is 110 Å². The van der Waals surface area contributed by atoms with E-state index in [9.17, 15) is 4.79 Å². The van der Waals surface area contributed by atoms with Crippen LogP contribution in [0, 0.1) is 5.41 Å². The number of ketones is 1. The highest BCUT2D eigenvalue weighted by atomic mass is 16.1. The molecule has 1 aromatic carbocycles. The topological polar surface area (TPSA) is 29.1 Å². The van der Waals surface area contributed by atoms with E-state index >= 15 is 0 Å². The number of allylic oxidation sites excluding steroid dienone is 1. The van der Waals surface area contributed by atoms with Gasteiger partial charge in [-0.05, 0) is 29.7 Å². The van der Waals surface area contributed by atoms with Gasteiger partial charge < -0.3 is 5.32 Å². The van der Waals surface area contributed by atoms with Gasteiger partial charge in [-0.3, -0.25) is 4.79 Å². The van der Waals surface area contributed by atoms with Crippen molar-refractivity contribution in [3.63, 3.8) is 0 Å². The lowest BCUT2D eigenvalue weighted by molar-refractivity contribution is -0.121. The first-order valence-corrected chi connectivity index (χ1v) is 6.38. The van der Waals surface area contributed by atoms with Crippen LogP contribution in [0.2, 0.25) is 0 Å². The van der Waals surface area contributed by atoms with Crippen molar-refractivity contribution in [1.29, 1.82) is 0 Å². The highest BCUT2D eigenvalue weighted by molar-refractivity contribution is 5.94. The van der Waals surface area contributed by atoms with Gasteiger partial charge in [0.25, 0.3) is 0 Å². The molecule has 0 fully saturated rings. The third-order valence-corrected chi connectivity index (χ3v) is 2.80. The van der Waals surface area contributed by atoms with E-state index in [1.807, 2.05) is 32.9 Å². The number of benzene rings is 1. The van der Waals surface area contributed by atoms with Gasteiger partial charge in [-0.15, -0.1) is 0 Å². The van der Waals surface area contributed by atoms with Crippen molar-refractivity contribution in [2.45, 2.75) is 40.5 Å². The maximum Gasteiger partial charge on any atom is 0.162 e. The summed E-state index contributed by atoms with van der Waals surface area (Å²) in [4.78, 5) is 11.7. The van der Waals surface area contributed by atoms with Gasteiger partial charge in [-0.1, -0.05) is 46.8 Å². The maximum atomic E-state index is 11.7. The molecule has 1 aromatic rings. The zero-order valence-electron chi connectivity index (χ0n) is 11.9. The van der Waals surface area contributed by atoms with E-state index in [0.717, 1.165) is 5.69 Å². The Hall–Kier alpha value is -1.57. The molecule has 0 atom stereocenters. The summed E-state index contributed by atoms with van der Waals surface area (Å²) < 4.78 is 0. The number of hydrogen-bond donors (Lipinski definition) is 1. The van der Waals surface area contributed by atoms with Crippen LogP contribution < -0.4 is 5.32 Å². The molecule has 2 heteroatoms. The largest absolute Gasteiger partial charge is 0.362 e. The molecular weight excluding hydrogens is 222 g/mol. The molecule has 0 amide bonds. The van der Waals surface area contributed by atoms with E-state index in [4.69, 9.17) is 0 Å². The second-order valence-corrected chi connectivity index (χ2v) is 5.87. The second-order valence-electron chi connectivity index (χ2n) is 5.87. The molecule has 2 nitrogen and oxygen atoms in total. The predicted molar refractivity (Wildman–Crippen MR) is 77.8 cm³/mol. The van der Waals surface area contributed by atoms with Crippen molar-refractivity contribution in [2.75, 3.05) is 5.32 Å². The van der Waals surface area contributed by atoms with Crippen LogP contribution in [-0.2, 0) is 4.79 Å². The van der Waals surface area contributed by atoms with Crippen molar-refractivity contribution in [2.24, 2.45) is 5.41 Å². The van der Waals surface area contributed by atoms with Crippen LogP contribution in [0.5, 0.6) is 0 Å². The van der Waals surface area contributed by atoms with Crippen molar-refractivity contribution < 1.29 is 4.79 Å². The first-order chi connectivity index (χ1) is 8.30. The Kier molecular flexibility index (Phi) is 4.71. The summed E-state index contributed by atoms with van der Waals surface area (Å²) in [6, 6.07) is 8.27. The highest BCUT2D eigenvalue weighted by Gasteiger charge is 2.17. The van der Waals surface area contributed by atoms with Gasteiger partial charge in [-0.25, -0.2) is 0 Å². The molecule has 1 N–H and O–H groups in total. The molecule has 0 aliphatic carbocycles. The number of carbonyl (C=O) groups excluding carboxylic acids is 1. The molecule has 0 spiro atoms. The molecule has 0 bridgehead atoms. The van der Waals surface area contributed by atoms with E-state index in [1.165, 1.54) is 5.56 Å². The van der Waals surface area contributed by atoms with E-state index in [2.05, 4.69) is 31.3 Å². The van der Waals surface area contributed by atoms with Crippen LogP contribution in [0.3, 0.4) is 0 Å². The molecule has 0 radical (unpaired) electrons. The van der Waals surface area contributed by atoms with Gasteiger partial charge in [0.05, 0.1) is 0 Å². The Morgan fingerprint density at radius 2 is 1.72 bits per heavy atom. The molecule has 0 heterocycles. The lowest BCUT2D eigenvalue weighted by Crippen LogP contribution is -2.17. The summed E-state index contributed by atoms with van der Waals surface area (Å²) in [5, 5.41) is 3.11. The molecule has 0 aliphatic rings. The van der Waals surface area contributed by atoms with E-state index in [-0.39, 0.29) is 11.2 Å². The molecule has 0 saturated heterocycles. The summed E-state index contributed by atoms with van der Waals surface area (Å²) in [6.45, 7) is 10.1. The van der Waals surface area contributed by atoms with Crippen molar-refractivity contribution in [1.82, 2.24) is 0 Å². The summed E-state index contributed by atoms with van der Waals surface area (Å²) in [5.41, 5.74) is 1.99. The standard InChI is InChI=1S/C16H23NO/c1-12(2)13-6-8-14(9-7-13)17-11-10-15(18)16(3,4)5/h6-12,17H,1-5H3. The summed E-state index contributed by atoms with van der Waals surface area (Å²) in [5.74, 6) is 0.658. The Morgan fingerprint density at radius 3 is 2.17 bits per heavy atom. The summed E-state index contributed by atoms with van der Waals surface area (Å²) >= 11 is 0. The molecule has 1 rings (SSSR count). The third kappa shape index (κ3) is 4.36. The minimum atomic E-state index is -0.320. The van der Waals surface area contributed by atoms with Crippen LogP contribution in [0.25, 0.3) is 0 Å². The van der Waals surface area contributed by atoms with Crippen molar-refractivity contribution >= 4 is 11.5 Å². The minimum Gasteiger partial charge on any atom is -0.362 e. The Bertz CT molecular complexity index is 421. The normalized spacial score (nSPS) is 12.1. The molecule has 0 unspecified atom stereocenters.